The van der Waals surface area contributed by atoms with E-state index in [2.05, 4.69) is 5.32 Å². The van der Waals surface area contributed by atoms with E-state index in [0.29, 0.717) is 48.8 Å². The van der Waals surface area contributed by atoms with Crippen LogP contribution in [0.2, 0.25) is 0 Å². The Morgan fingerprint density at radius 2 is 1.75 bits per heavy atom. The van der Waals surface area contributed by atoms with Crippen LogP contribution in [-0.4, -0.2) is 32.2 Å². The Labute approximate surface area is 165 Å². The second-order valence-corrected chi connectivity index (χ2v) is 6.18. The lowest BCUT2D eigenvalue weighted by Crippen LogP contribution is -2.12. The van der Waals surface area contributed by atoms with Crippen LogP contribution in [0.4, 0.5) is 5.69 Å². The lowest BCUT2D eigenvalue weighted by molar-refractivity contribution is -0.116. The minimum absolute atomic E-state index is 0.103. The van der Waals surface area contributed by atoms with Crippen molar-refractivity contribution in [1.82, 2.24) is 0 Å². The largest absolute Gasteiger partial charge is 0.493 e. The van der Waals surface area contributed by atoms with Gasteiger partial charge in [0, 0.05) is 12.1 Å². The van der Waals surface area contributed by atoms with Crippen LogP contribution in [0.1, 0.15) is 42.6 Å². The summed E-state index contributed by atoms with van der Waals surface area (Å²) in [6, 6.07) is 12.3. The predicted molar refractivity (Wildman–Crippen MR) is 108 cm³/mol. The zero-order valence-electron chi connectivity index (χ0n) is 16.6. The fourth-order valence-electron chi connectivity index (χ4n) is 2.59. The molecule has 2 aromatic carbocycles. The summed E-state index contributed by atoms with van der Waals surface area (Å²) in [5.74, 6) is 0.888. The van der Waals surface area contributed by atoms with Gasteiger partial charge in [0.1, 0.15) is 0 Å². The van der Waals surface area contributed by atoms with Crippen molar-refractivity contribution in [3.63, 3.8) is 0 Å². The molecule has 1 amide bonds. The van der Waals surface area contributed by atoms with E-state index < -0.39 is 0 Å². The summed E-state index contributed by atoms with van der Waals surface area (Å²) in [4.78, 5) is 24.0. The highest BCUT2D eigenvalue weighted by molar-refractivity contribution is 5.93. The molecule has 28 heavy (non-hydrogen) atoms. The molecular formula is C22H27NO5. The molecule has 1 N–H and O–H groups in total. The quantitative estimate of drug-likeness (QED) is 0.620. The molecule has 0 fully saturated rings. The fraction of sp³-hybridized carbons (Fsp3) is 0.364. The van der Waals surface area contributed by atoms with Gasteiger partial charge in [-0.05, 0) is 61.7 Å². The van der Waals surface area contributed by atoms with Crippen molar-refractivity contribution in [2.75, 3.05) is 25.6 Å². The van der Waals surface area contributed by atoms with Gasteiger partial charge in [-0.15, -0.1) is 0 Å². The normalized spacial score (nSPS) is 10.2. The van der Waals surface area contributed by atoms with Gasteiger partial charge >= 0.3 is 5.97 Å². The minimum Gasteiger partial charge on any atom is -0.493 e. The molecule has 2 aromatic rings. The van der Waals surface area contributed by atoms with E-state index >= 15 is 0 Å². The zero-order chi connectivity index (χ0) is 20.4. The van der Waals surface area contributed by atoms with Gasteiger partial charge < -0.3 is 19.5 Å². The molecule has 0 saturated heterocycles. The van der Waals surface area contributed by atoms with Crippen LogP contribution in [0.15, 0.2) is 42.5 Å². The molecule has 0 aliphatic heterocycles. The van der Waals surface area contributed by atoms with E-state index in [0.717, 1.165) is 12.0 Å². The number of carbonyl (C=O) groups excluding carboxylic acids is 2. The molecular weight excluding hydrogens is 358 g/mol. The van der Waals surface area contributed by atoms with E-state index in [1.807, 2.05) is 32.0 Å². The lowest BCUT2D eigenvalue weighted by atomic mass is 10.1. The number of amides is 1. The van der Waals surface area contributed by atoms with Crippen molar-refractivity contribution < 1.29 is 23.8 Å². The third-order valence-corrected chi connectivity index (χ3v) is 4.01. The second-order valence-electron chi connectivity index (χ2n) is 6.18. The van der Waals surface area contributed by atoms with Crippen LogP contribution in [-0.2, 0) is 16.0 Å². The minimum atomic E-state index is -0.357. The van der Waals surface area contributed by atoms with Crippen molar-refractivity contribution in [3.8, 4) is 11.5 Å². The molecule has 0 saturated carbocycles. The maximum absolute atomic E-state index is 12.2. The van der Waals surface area contributed by atoms with Gasteiger partial charge in [0.05, 0.1) is 25.9 Å². The Bertz CT molecular complexity index is 786. The van der Waals surface area contributed by atoms with Crippen LogP contribution in [0, 0.1) is 0 Å². The van der Waals surface area contributed by atoms with Crippen molar-refractivity contribution in [2.45, 2.75) is 33.1 Å². The van der Waals surface area contributed by atoms with Gasteiger partial charge in [-0.3, -0.25) is 4.79 Å². The van der Waals surface area contributed by atoms with E-state index in [1.54, 1.807) is 31.4 Å². The van der Waals surface area contributed by atoms with Crippen molar-refractivity contribution in [2.24, 2.45) is 0 Å². The number of aryl methyl sites for hydroxylation is 1. The Hall–Kier alpha value is -3.02. The topological polar surface area (TPSA) is 73.9 Å². The standard InChI is InChI=1S/C22H27NO5/c1-4-14-28-22(25)17-8-10-18(11-9-17)23-21(24)13-7-16-6-12-19(27-5-2)20(15-16)26-3/h6,8-12,15H,4-5,7,13-14H2,1-3H3,(H,23,24). The third kappa shape index (κ3) is 6.30. The average Bonchev–Trinajstić information content (AvgIpc) is 2.72. The summed E-state index contributed by atoms with van der Waals surface area (Å²) >= 11 is 0. The first kappa shape index (κ1) is 21.3. The summed E-state index contributed by atoms with van der Waals surface area (Å²) in [5, 5.41) is 2.83. The fourth-order valence-corrected chi connectivity index (χ4v) is 2.59. The molecule has 0 atom stereocenters. The SMILES string of the molecule is CCCOC(=O)c1ccc(NC(=O)CCc2ccc(OCC)c(OC)c2)cc1. The van der Waals surface area contributed by atoms with Crippen LogP contribution in [0.5, 0.6) is 11.5 Å². The van der Waals surface area contributed by atoms with Crippen LogP contribution < -0.4 is 14.8 Å². The van der Waals surface area contributed by atoms with E-state index in [-0.39, 0.29) is 11.9 Å². The molecule has 0 heterocycles. The number of hydrogen-bond donors (Lipinski definition) is 1. The third-order valence-electron chi connectivity index (χ3n) is 4.01. The van der Waals surface area contributed by atoms with Gasteiger partial charge in [-0.1, -0.05) is 13.0 Å². The molecule has 0 spiro atoms. The van der Waals surface area contributed by atoms with Crippen molar-refractivity contribution in [1.29, 1.82) is 0 Å². The first-order chi connectivity index (χ1) is 13.6. The monoisotopic (exact) mass is 385 g/mol. The van der Waals surface area contributed by atoms with Crippen molar-refractivity contribution in [3.05, 3.63) is 53.6 Å². The Morgan fingerprint density at radius 3 is 2.39 bits per heavy atom. The Kier molecular flexibility index (Phi) is 8.34. The number of anilines is 1. The molecule has 2 rings (SSSR count). The van der Waals surface area contributed by atoms with Crippen LogP contribution in [0.3, 0.4) is 0 Å². The molecule has 6 nitrogen and oxygen atoms in total. The first-order valence-electron chi connectivity index (χ1n) is 9.44. The zero-order valence-corrected chi connectivity index (χ0v) is 16.6. The van der Waals surface area contributed by atoms with Gasteiger partial charge in [0.2, 0.25) is 5.91 Å². The molecule has 150 valence electrons. The number of hydrogen-bond acceptors (Lipinski definition) is 5. The van der Waals surface area contributed by atoms with Gasteiger partial charge in [0.25, 0.3) is 0 Å². The predicted octanol–water partition coefficient (Wildman–Crippen LogP) is 4.23. The Morgan fingerprint density at radius 1 is 1.00 bits per heavy atom. The average molecular weight is 385 g/mol. The number of carbonyl (C=O) groups is 2. The van der Waals surface area contributed by atoms with Crippen LogP contribution in [0.25, 0.3) is 0 Å². The first-order valence-corrected chi connectivity index (χ1v) is 9.44. The lowest BCUT2D eigenvalue weighted by Gasteiger charge is -2.11. The maximum Gasteiger partial charge on any atom is 0.338 e. The highest BCUT2D eigenvalue weighted by atomic mass is 16.5. The number of rotatable bonds is 10. The van der Waals surface area contributed by atoms with Gasteiger partial charge in [-0.25, -0.2) is 4.79 Å². The molecule has 0 aliphatic carbocycles. The van der Waals surface area contributed by atoms with Gasteiger partial charge in [0.15, 0.2) is 11.5 Å². The number of benzene rings is 2. The highest BCUT2D eigenvalue weighted by Gasteiger charge is 2.09. The number of methoxy groups -OCH3 is 1. The van der Waals surface area contributed by atoms with E-state index in [4.69, 9.17) is 14.2 Å². The molecule has 0 aromatic heterocycles. The summed E-state index contributed by atoms with van der Waals surface area (Å²) < 4.78 is 15.9. The van der Waals surface area contributed by atoms with E-state index in [9.17, 15) is 9.59 Å². The maximum atomic E-state index is 12.2. The number of esters is 1. The number of nitrogens with one attached hydrogen (secondary N) is 1. The smallest absolute Gasteiger partial charge is 0.338 e. The highest BCUT2D eigenvalue weighted by Crippen LogP contribution is 2.28. The molecule has 0 unspecified atom stereocenters. The molecule has 0 radical (unpaired) electrons. The van der Waals surface area contributed by atoms with Crippen LogP contribution >= 0.6 is 0 Å². The Balaban J connectivity index is 1.88. The summed E-state index contributed by atoms with van der Waals surface area (Å²) in [6.45, 7) is 4.81. The number of ether oxygens (including phenoxy) is 3. The second kappa shape index (κ2) is 11.0. The molecule has 0 aliphatic rings. The van der Waals surface area contributed by atoms with Gasteiger partial charge in [-0.2, -0.15) is 0 Å². The summed E-state index contributed by atoms with van der Waals surface area (Å²) in [5.41, 5.74) is 2.10. The van der Waals surface area contributed by atoms with Crippen molar-refractivity contribution >= 4 is 17.6 Å². The van der Waals surface area contributed by atoms with E-state index in [1.165, 1.54) is 0 Å². The molecule has 0 bridgehead atoms. The molecule has 6 heteroatoms. The summed E-state index contributed by atoms with van der Waals surface area (Å²) in [7, 11) is 1.59. The summed E-state index contributed by atoms with van der Waals surface area (Å²) in [6.07, 6.45) is 1.69.